The van der Waals surface area contributed by atoms with Gasteiger partial charge in [-0.25, -0.2) is 9.59 Å². The lowest BCUT2D eigenvalue weighted by Gasteiger charge is -2.35. The number of carbonyl (C=O) groups excluding carboxylic acids is 1. The van der Waals surface area contributed by atoms with E-state index in [1.165, 1.54) is 4.90 Å². The lowest BCUT2D eigenvalue weighted by molar-refractivity contribution is -0.147. The lowest BCUT2D eigenvalue weighted by Crippen LogP contribution is -2.54. The van der Waals surface area contributed by atoms with Gasteiger partial charge in [0.2, 0.25) is 0 Å². The number of carbonyl (C=O) groups is 2. The van der Waals surface area contributed by atoms with E-state index in [2.05, 4.69) is 13.8 Å². The van der Waals surface area contributed by atoms with Crippen LogP contribution in [0.15, 0.2) is 0 Å². The molecular weight excluding hydrogens is 232 g/mol. The predicted molar refractivity (Wildman–Crippen MR) is 69.5 cm³/mol. The van der Waals surface area contributed by atoms with Gasteiger partial charge in [0, 0.05) is 20.1 Å². The molecule has 0 saturated carbocycles. The number of hydrogen-bond donors (Lipinski definition) is 1. The second kappa shape index (κ2) is 5.59. The standard InChI is InChI=1S/C13H24N2O3/c1-5-10(2)9-14(4)12(18)15-8-6-7-13(15,3)11(16)17/h10H,5-9H2,1-4H3,(H,16,17). The maximum Gasteiger partial charge on any atom is 0.329 e. The van der Waals surface area contributed by atoms with Gasteiger partial charge in [0.15, 0.2) is 0 Å². The van der Waals surface area contributed by atoms with Gasteiger partial charge in [-0.05, 0) is 25.7 Å². The molecule has 0 aliphatic carbocycles. The second-order valence-electron chi connectivity index (χ2n) is 5.51. The molecule has 2 atom stereocenters. The van der Waals surface area contributed by atoms with Gasteiger partial charge in [-0.1, -0.05) is 20.3 Å². The molecule has 104 valence electrons. The van der Waals surface area contributed by atoms with Gasteiger partial charge in [-0.3, -0.25) is 0 Å². The summed E-state index contributed by atoms with van der Waals surface area (Å²) in [6.07, 6.45) is 2.30. The quantitative estimate of drug-likeness (QED) is 0.837. The highest BCUT2D eigenvalue weighted by Crippen LogP contribution is 2.30. The molecule has 2 amide bonds. The Morgan fingerprint density at radius 2 is 2.11 bits per heavy atom. The van der Waals surface area contributed by atoms with Crippen molar-refractivity contribution < 1.29 is 14.7 Å². The van der Waals surface area contributed by atoms with Crippen LogP contribution in [0, 0.1) is 5.92 Å². The molecule has 0 aromatic carbocycles. The first-order valence-corrected chi connectivity index (χ1v) is 6.59. The average Bonchev–Trinajstić information content (AvgIpc) is 2.71. The summed E-state index contributed by atoms with van der Waals surface area (Å²) in [5, 5.41) is 9.29. The number of carboxylic acid groups (broad SMARTS) is 1. The van der Waals surface area contributed by atoms with Gasteiger partial charge >= 0.3 is 12.0 Å². The van der Waals surface area contributed by atoms with Gasteiger partial charge in [0.25, 0.3) is 0 Å². The fourth-order valence-electron chi connectivity index (χ4n) is 2.37. The molecule has 0 bridgehead atoms. The first-order valence-electron chi connectivity index (χ1n) is 6.59. The van der Waals surface area contributed by atoms with Crippen LogP contribution in [0.1, 0.15) is 40.0 Å². The summed E-state index contributed by atoms with van der Waals surface area (Å²) in [5.41, 5.74) is -1.04. The third kappa shape index (κ3) is 2.76. The third-order valence-electron chi connectivity index (χ3n) is 3.94. The van der Waals surface area contributed by atoms with E-state index in [1.54, 1.807) is 18.9 Å². The molecule has 5 nitrogen and oxygen atoms in total. The highest BCUT2D eigenvalue weighted by molar-refractivity contribution is 5.86. The Labute approximate surface area is 109 Å². The molecule has 0 spiro atoms. The highest BCUT2D eigenvalue weighted by Gasteiger charge is 2.46. The molecule has 1 rings (SSSR count). The summed E-state index contributed by atoms with van der Waals surface area (Å²) in [6.45, 7) is 7.01. The summed E-state index contributed by atoms with van der Waals surface area (Å²) in [4.78, 5) is 26.8. The molecule has 0 aromatic heterocycles. The van der Waals surface area contributed by atoms with Crippen molar-refractivity contribution in [3.63, 3.8) is 0 Å². The number of likely N-dealkylation sites (tertiary alicyclic amines) is 1. The zero-order chi connectivity index (χ0) is 13.9. The minimum absolute atomic E-state index is 0.169. The van der Waals surface area contributed by atoms with Gasteiger partial charge in [0.1, 0.15) is 5.54 Å². The van der Waals surface area contributed by atoms with Gasteiger partial charge in [-0.2, -0.15) is 0 Å². The lowest BCUT2D eigenvalue weighted by atomic mass is 9.99. The molecule has 1 saturated heterocycles. The first-order chi connectivity index (χ1) is 8.32. The largest absolute Gasteiger partial charge is 0.480 e. The minimum Gasteiger partial charge on any atom is -0.480 e. The summed E-state index contributed by atoms with van der Waals surface area (Å²) in [7, 11) is 1.75. The van der Waals surface area contributed by atoms with Crippen LogP contribution in [-0.2, 0) is 4.79 Å². The van der Waals surface area contributed by atoms with E-state index in [0.29, 0.717) is 25.4 Å². The summed E-state index contributed by atoms with van der Waals surface area (Å²) in [6, 6.07) is -0.169. The van der Waals surface area contributed by atoms with E-state index in [1.807, 2.05) is 0 Å². The van der Waals surface area contributed by atoms with Crippen LogP contribution in [0.4, 0.5) is 4.79 Å². The SMILES string of the molecule is CCC(C)CN(C)C(=O)N1CCCC1(C)C(=O)O. The molecule has 1 aliphatic heterocycles. The molecule has 5 heteroatoms. The topological polar surface area (TPSA) is 60.9 Å². The van der Waals surface area contributed by atoms with Gasteiger partial charge in [-0.15, -0.1) is 0 Å². The van der Waals surface area contributed by atoms with E-state index in [-0.39, 0.29) is 6.03 Å². The van der Waals surface area contributed by atoms with Crippen LogP contribution in [0.25, 0.3) is 0 Å². The van der Waals surface area contributed by atoms with Crippen LogP contribution in [0.3, 0.4) is 0 Å². The van der Waals surface area contributed by atoms with Crippen LogP contribution in [-0.4, -0.2) is 52.6 Å². The van der Waals surface area contributed by atoms with E-state index < -0.39 is 11.5 Å². The number of aliphatic carboxylic acids is 1. The van der Waals surface area contributed by atoms with Crippen molar-refractivity contribution in [2.45, 2.75) is 45.6 Å². The Morgan fingerprint density at radius 3 is 2.61 bits per heavy atom. The number of hydrogen-bond acceptors (Lipinski definition) is 2. The second-order valence-corrected chi connectivity index (χ2v) is 5.51. The van der Waals surface area contributed by atoms with Crippen LogP contribution >= 0.6 is 0 Å². The number of nitrogens with zero attached hydrogens (tertiary/aromatic N) is 2. The van der Waals surface area contributed by atoms with E-state index in [9.17, 15) is 14.7 Å². The zero-order valence-corrected chi connectivity index (χ0v) is 11.8. The number of amides is 2. The fraction of sp³-hybridized carbons (Fsp3) is 0.846. The number of urea groups is 1. The minimum atomic E-state index is -1.04. The molecule has 0 radical (unpaired) electrons. The average molecular weight is 256 g/mol. The smallest absolute Gasteiger partial charge is 0.329 e. The van der Waals surface area contributed by atoms with Crippen LogP contribution < -0.4 is 0 Å². The predicted octanol–water partition coefficient (Wildman–Crippen LogP) is 2.02. The van der Waals surface area contributed by atoms with E-state index in [0.717, 1.165) is 12.8 Å². The monoisotopic (exact) mass is 256 g/mol. The fourth-order valence-corrected chi connectivity index (χ4v) is 2.37. The zero-order valence-electron chi connectivity index (χ0n) is 11.8. The van der Waals surface area contributed by atoms with E-state index >= 15 is 0 Å². The molecule has 2 unspecified atom stereocenters. The maximum atomic E-state index is 12.3. The van der Waals surface area contributed by atoms with Crippen LogP contribution in [0.2, 0.25) is 0 Å². The molecule has 1 N–H and O–H groups in total. The number of carboxylic acids is 1. The Kier molecular flexibility index (Phi) is 4.59. The Morgan fingerprint density at radius 1 is 1.50 bits per heavy atom. The highest BCUT2D eigenvalue weighted by atomic mass is 16.4. The van der Waals surface area contributed by atoms with Crippen molar-refractivity contribution in [1.29, 1.82) is 0 Å². The Bertz CT molecular complexity index is 332. The van der Waals surface area contributed by atoms with E-state index in [4.69, 9.17) is 0 Å². The molecule has 1 fully saturated rings. The van der Waals surface area contributed by atoms with Crippen molar-refractivity contribution >= 4 is 12.0 Å². The normalized spacial score (nSPS) is 25.0. The molecule has 1 heterocycles. The van der Waals surface area contributed by atoms with Gasteiger partial charge < -0.3 is 14.9 Å². The summed E-state index contributed by atoms with van der Waals surface area (Å²) in [5.74, 6) is -0.483. The Hall–Kier alpha value is -1.26. The van der Waals surface area contributed by atoms with Crippen molar-refractivity contribution in [1.82, 2.24) is 9.80 Å². The molecule has 0 aromatic rings. The summed E-state index contributed by atoms with van der Waals surface area (Å²) >= 11 is 0. The molecular formula is C13H24N2O3. The Balaban J connectivity index is 2.74. The van der Waals surface area contributed by atoms with Gasteiger partial charge in [0.05, 0.1) is 0 Å². The molecule has 18 heavy (non-hydrogen) atoms. The van der Waals surface area contributed by atoms with Crippen molar-refractivity contribution in [2.75, 3.05) is 20.1 Å². The summed E-state index contributed by atoms with van der Waals surface area (Å²) < 4.78 is 0. The van der Waals surface area contributed by atoms with Crippen molar-refractivity contribution in [3.8, 4) is 0 Å². The maximum absolute atomic E-state index is 12.3. The first kappa shape index (κ1) is 14.8. The van der Waals surface area contributed by atoms with Crippen molar-refractivity contribution in [3.05, 3.63) is 0 Å². The third-order valence-corrected chi connectivity index (χ3v) is 3.94. The van der Waals surface area contributed by atoms with Crippen LogP contribution in [0.5, 0.6) is 0 Å². The number of rotatable bonds is 4. The molecule has 1 aliphatic rings. The van der Waals surface area contributed by atoms with Crippen molar-refractivity contribution in [2.24, 2.45) is 5.92 Å².